The first-order valence-corrected chi connectivity index (χ1v) is 6.79. The molecule has 0 spiro atoms. The Balaban J connectivity index is 2.22. The number of hydrogen-bond acceptors (Lipinski definition) is 5. The summed E-state index contributed by atoms with van der Waals surface area (Å²) in [6, 6.07) is 0. The van der Waals surface area contributed by atoms with E-state index in [1.54, 1.807) is 18.8 Å². The molecule has 0 aliphatic heterocycles. The van der Waals surface area contributed by atoms with Gasteiger partial charge in [0.25, 0.3) is 5.91 Å². The van der Waals surface area contributed by atoms with Gasteiger partial charge in [0.1, 0.15) is 6.20 Å². The minimum absolute atomic E-state index is 0.157. The molecule has 0 N–H and O–H groups in total. The first-order valence-electron chi connectivity index (χ1n) is 6.79. The lowest BCUT2D eigenvalue weighted by atomic mass is 10.2. The fourth-order valence-electron chi connectivity index (χ4n) is 2.15. The highest BCUT2D eigenvalue weighted by molar-refractivity contribution is 5.95. The van der Waals surface area contributed by atoms with E-state index in [1.807, 2.05) is 20.0 Å². The highest BCUT2D eigenvalue weighted by Crippen LogP contribution is 2.19. The number of nitro groups is 1. The Labute approximate surface area is 127 Å². The van der Waals surface area contributed by atoms with E-state index in [-0.39, 0.29) is 11.4 Å². The summed E-state index contributed by atoms with van der Waals surface area (Å²) >= 11 is 0. The summed E-state index contributed by atoms with van der Waals surface area (Å²) in [5.74, 6) is -0.490. The van der Waals surface area contributed by atoms with Crippen molar-refractivity contribution in [3.63, 3.8) is 0 Å². The van der Waals surface area contributed by atoms with Crippen LogP contribution in [0.25, 0.3) is 0 Å². The molecule has 22 heavy (non-hydrogen) atoms. The molecule has 0 fully saturated rings. The van der Waals surface area contributed by atoms with E-state index in [0.717, 1.165) is 17.8 Å². The highest BCUT2D eigenvalue weighted by Gasteiger charge is 2.27. The lowest BCUT2D eigenvalue weighted by molar-refractivity contribution is -0.385. The summed E-state index contributed by atoms with van der Waals surface area (Å²) in [5, 5.41) is 19.2. The van der Waals surface area contributed by atoms with Crippen molar-refractivity contribution in [2.45, 2.75) is 26.9 Å². The fourth-order valence-corrected chi connectivity index (χ4v) is 2.15. The van der Waals surface area contributed by atoms with Crippen LogP contribution in [0.2, 0.25) is 0 Å². The van der Waals surface area contributed by atoms with Crippen molar-refractivity contribution in [2.24, 2.45) is 7.05 Å². The molecule has 2 rings (SSSR count). The molecule has 0 aliphatic rings. The number of carbonyl (C=O) groups excluding carboxylic acids is 1. The van der Waals surface area contributed by atoms with E-state index >= 15 is 0 Å². The second-order valence-corrected chi connectivity index (χ2v) is 5.05. The monoisotopic (exact) mass is 306 g/mol. The Morgan fingerprint density at radius 1 is 1.41 bits per heavy atom. The molecule has 0 bridgehead atoms. The molecule has 2 aromatic heterocycles. The third-order valence-electron chi connectivity index (χ3n) is 3.33. The highest BCUT2D eigenvalue weighted by atomic mass is 16.6. The van der Waals surface area contributed by atoms with Crippen LogP contribution in [-0.2, 0) is 20.1 Å². The number of aromatic nitrogens is 4. The molecule has 1 amide bonds. The van der Waals surface area contributed by atoms with Crippen LogP contribution in [0.15, 0.2) is 12.4 Å². The van der Waals surface area contributed by atoms with Crippen molar-refractivity contribution < 1.29 is 9.72 Å². The molecule has 0 aromatic carbocycles. The average molecular weight is 306 g/mol. The summed E-state index contributed by atoms with van der Waals surface area (Å²) in [5.41, 5.74) is 1.28. The molecular formula is C13H18N6O3. The predicted molar refractivity (Wildman–Crippen MR) is 78.3 cm³/mol. The Hall–Kier alpha value is -2.71. The van der Waals surface area contributed by atoms with Crippen LogP contribution in [0.5, 0.6) is 0 Å². The summed E-state index contributed by atoms with van der Waals surface area (Å²) in [6.07, 6.45) is 3.09. The molecule has 0 radical (unpaired) electrons. The minimum Gasteiger partial charge on any atom is -0.336 e. The molecule has 9 nitrogen and oxygen atoms in total. The lowest BCUT2D eigenvalue weighted by Gasteiger charge is -2.15. The molecule has 0 saturated heterocycles. The molecular weight excluding hydrogens is 288 g/mol. The van der Waals surface area contributed by atoms with Crippen molar-refractivity contribution in [3.05, 3.63) is 39.5 Å². The van der Waals surface area contributed by atoms with Gasteiger partial charge in [0.05, 0.1) is 10.6 Å². The van der Waals surface area contributed by atoms with E-state index in [2.05, 4.69) is 10.2 Å². The Morgan fingerprint density at radius 2 is 2.09 bits per heavy atom. The van der Waals surface area contributed by atoms with Gasteiger partial charge in [-0.1, -0.05) is 0 Å². The summed E-state index contributed by atoms with van der Waals surface area (Å²) < 4.78 is 3.05. The molecule has 0 aliphatic carbocycles. The van der Waals surface area contributed by atoms with Crippen LogP contribution < -0.4 is 0 Å². The quantitative estimate of drug-likeness (QED) is 0.609. The Morgan fingerprint density at radius 3 is 2.64 bits per heavy atom. The zero-order valence-electron chi connectivity index (χ0n) is 13.0. The summed E-state index contributed by atoms with van der Waals surface area (Å²) in [7, 11) is 3.13. The van der Waals surface area contributed by atoms with Gasteiger partial charge in [-0.15, -0.1) is 0 Å². The number of rotatable bonds is 5. The molecule has 0 saturated carbocycles. The van der Waals surface area contributed by atoms with E-state index in [9.17, 15) is 14.9 Å². The van der Waals surface area contributed by atoms with Crippen molar-refractivity contribution in [1.29, 1.82) is 0 Å². The third kappa shape index (κ3) is 2.97. The molecule has 0 atom stereocenters. The van der Waals surface area contributed by atoms with Crippen LogP contribution in [0.3, 0.4) is 0 Å². The van der Waals surface area contributed by atoms with Crippen LogP contribution >= 0.6 is 0 Å². The van der Waals surface area contributed by atoms with E-state index in [1.165, 1.54) is 15.8 Å². The van der Waals surface area contributed by atoms with Crippen LogP contribution in [-0.4, -0.2) is 42.3 Å². The normalized spacial score (nSPS) is 10.7. The first kappa shape index (κ1) is 15.7. The van der Waals surface area contributed by atoms with Gasteiger partial charge in [-0.2, -0.15) is 10.2 Å². The van der Waals surface area contributed by atoms with Crippen LogP contribution in [0.1, 0.15) is 28.7 Å². The SMILES string of the molecule is CCn1cc(CN(C)C(=O)c2nn(C)cc2[N+](=O)[O-])c(C)n1. The summed E-state index contributed by atoms with van der Waals surface area (Å²) in [6.45, 7) is 4.90. The maximum absolute atomic E-state index is 12.4. The van der Waals surface area contributed by atoms with E-state index < -0.39 is 10.8 Å². The fraction of sp³-hybridized carbons (Fsp3) is 0.462. The maximum Gasteiger partial charge on any atom is 0.320 e. The zero-order chi connectivity index (χ0) is 16.4. The van der Waals surface area contributed by atoms with Gasteiger partial charge >= 0.3 is 5.69 Å². The lowest BCUT2D eigenvalue weighted by Crippen LogP contribution is -2.27. The Bertz CT molecular complexity index is 717. The summed E-state index contributed by atoms with van der Waals surface area (Å²) in [4.78, 5) is 24.2. The number of aryl methyl sites for hydroxylation is 3. The second kappa shape index (κ2) is 5.96. The maximum atomic E-state index is 12.4. The third-order valence-corrected chi connectivity index (χ3v) is 3.33. The topological polar surface area (TPSA) is 99.1 Å². The zero-order valence-corrected chi connectivity index (χ0v) is 13.0. The molecule has 9 heteroatoms. The molecule has 118 valence electrons. The second-order valence-electron chi connectivity index (χ2n) is 5.05. The smallest absolute Gasteiger partial charge is 0.320 e. The number of nitrogens with zero attached hydrogens (tertiary/aromatic N) is 6. The predicted octanol–water partition coefficient (Wildman–Crippen LogP) is 1.13. The van der Waals surface area contributed by atoms with Gasteiger partial charge in [0, 0.05) is 38.9 Å². The van der Waals surface area contributed by atoms with Gasteiger partial charge in [0.15, 0.2) is 0 Å². The van der Waals surface area contributed by atoms with Gasteiger partial charge in [-0.3, -0.25) is 24.3 Å². The molecule has 2 heterocycles. The standard InChI is InChI=1S/C13H18N6O3/c1-5-18-7-10(9(2)14-18)6-16(3)13(20)12-11(19(21)22)8-17(4)15-12/h7-8H,5-6H2,1-4H3. The Kier molecular flexibility index (Phi) is 4.25. The first-order chi connectivity index (χ1) is 10.3. The van der Waals surface area contributed by atoms with Crippen molar-refractivity contribution in [2.75, 3.05) is 7.05 Å². The van der Waals surface area contributed by atoms with Gasteiger partial charge in [0.2, 0.25) is 5.69 Å². The van der Waals surface area contributed by atoms with E-state index in [0.29, 0.717) is 6.54 Å². The van der Waals surface area contributed by atoms with Crippen LogP contribution in [0, 0.1) is 17.0 Å². The van der Waals surface area contributed by atoms with Crippen molar-refractivity contribution in [3.8, 4) is 0 Å². The molecule has 2 aromatic rings. The minimum atomic E-state index is -0.603. The van der Waals surface area contributed by atoms with Crippen molar-refractivity contribution in [1.82, 2.24) is 24.5 Å². The molecule has 0 unspecified atom stereocenters. The van der Waals surface area contributed by atoms with Crippen LogP contribution in [0.4, 0.5) is 5.69 Å². The van der Waals surface area contributed by atoms with Gasteiger partial charge in [-0.25, -0.2) is 0 Å². The largest absolute Gasteiger partial charge is 0.336 e. The number of hydrogen-bond donors (Lipinski definition) is 0. The number of amides is 1. The van der Waals surface area contributed by atoms with Gasteiger partial charge in [-0.05, 0) is 13.8 Å². The van der Waals surface area contributed by atoms with Gasteiger partial charge < -0.3 is 4.90 Å². The number of carbonyl (C=O) groups is 1. The average Bonchev–Trinajstić information content (AvgIpc) is 3.01. The van der Waals surface area contributed by atoms with E-state index in [4.69, 9.17) is 0 Å². The van der Waals surface area contributed by atoms with Crippen molar-refractivity contribution >= 4 is 11.6 Å².